The number of hydrogen-bond donors (Lipinski definition) is 3. The van der Waals surface area contributed by atoms with Crippen molar-refractivity contribution in [3.05, 3.63) is 84.7 Å². The van der Waals surface area contributed by atoms with Gasteiger partial charge >= 0.3 is 5.97 Å². The molecule has 7 nitrogen and oxygen atoms in total. The number of carboxylic acids is 1. The lowest BCUT2D eigenvalue weighted by atomic mass is 10.2. The topological polar surface area (TPSA) is 101 Å². The van der Waals surface area contributed by atoms with Crippen LogP contribution in [0.1, 0.15) is 12.1 Å². The molecule has 0 aliphatic heterocycles. The highest BCUT2D eigenvalue weighted by atomic mass is 16.5. The fourth-order valence-electron chi connectivity index (χ4n) is 2.61. The van der Waals surface area contributed by atoms with E-state index in [0.29, 0.717) is 22.9 Å². The lowest BCUT2D eigenvalue weighted by molar-refractivity contribution is -0.141. The minimum atomic E-state index is -1.09. The number of ether oxygens (including phenoxy) is 1. The van der Waals surface area contributed by atoms with Crippen molar-refractivity contribution in [1.82, 2.24) is 10.3 Å². The van der Waals surface area contributed by atoms with Gasteiger partial charge in [-0.05, 0) is 48.5 Å². The molecule has 1 atom stereocenters. The van der Waals surface area contributed by atoms with E-state index in [1.165, 1.54) is 0 Å². The quantitative estimate of drug-likeness (QED) is 0.517. The van der Waals surface area contributed by atoms with E-state index in [1.807, 2.05) is 36.4 Å². The van der Waals surface area contributed by atoms with Crippen LogP contribution in [0.2, 0.25) is 0 Å². The minimum Gasteiger partial charge on any atom is -0.480 e. The van der Waals surface area contributed by atoms with Crippen LogP contribution >= 0.6 is 0 Å². The molecule has 3 aromatic rings. The van der Waals surface area contributed by atoms with Crippen molar-refractivity contribution in [2.75, 3.05) is 5.32 Å². The standard InChI is InChI=1S/C22H21N3O4/c26-21(14-20(22(27)28)24-15-17-6-4-5-13-23-17)25-16-9-11-19(12-10-16)29-18-7-2-1-3-8-18/h1-13,20,24H,14-15H2,(H,25,26)(H,27,28). The number of aliphatic carboxylic acids is 1. The highest BCUT2D eigenvalue weighted by molar-refractivity contribution is 5.94. The van der Waals surface area contributed by atoms with Crippen LogP contribution in [0.4, 0.5) is 5.69 Å². The van der Waals surface area contributed by atoms with Crippen LogP contribution in [0.5, 0.6) is 11.5 Å². The van der Waals surface area contributed by atoms with Crippen LogP contribution in [0.15, 0.2) is 79.0 Å². The van der Waals surface area contributed by atoms with E-state index >= 15 is 0 Å². The number of amides is 1. The van der Waals surface area contributed by atoms with Gasteiger partial charge in [0.2, 0.25) is 5.91 Å². The summed E-state index contributed by atoms with van der Waals surface area (Å²) in [5.41, 5.74) is 1.26. The van der Waals surface area contributed by atoms with Crippen molar-refractivity contribution in [2.45, 2.75) is 19.0 Å². The Bertz CT molecular complexity index is 931. The summed E-state index contributed by atoms with van der Waals surface area (Å²) in [6.45, 7) is 0.261. The summed E-state index contributed by atoms with van der Waals surface area (Å²) in [6.07, 6.45) is 1.43. The summed E-state index contributed by atoms with van der Waals surface area (Å²) in [4.78, 5) is 27.8. The van der Waals surface area contributed by atoms with Gasteiger partial charge in [-0.25, -0.2) is 0 Å². The maximum absolute atomic E-state index is 12.3. The first-order valence-corrected chi connectivity index (χ1v) is 9.09. The number of nitrogens with zero attached hydrogens (tertiary/aromatic N) is 1. The maximum atomic E-state index is 12.3. The third-order valence-corrected chi connectivity index (χ3v) is 4.06. The molecule has 2 aromatic carbocycles. The summed E-state index contributed by atoms with van der Waals surface area (Å²) in [5.74, 6) is -0.146. The molecular formula is C22H21N3O4. The zero-order valence-corrected chi connectivity index (χ0v) is 15.6. The molecule has 0 aliphatic rings. The van der Waals surface area contributed by atoms with Crippen molar-refractivity contribution < 1.29 is 19.4 Å². The van der Waals surface area contributed by atoms with Gasteiger partial charge in [-0.15, -0.1) is 0 Å². The first-order chi connectivity index (χ1) is 14.1. The lowest BCUT2D eigenvalue weighted by Gasteiger charge is -2.14. The van der Waals surface area contributed by atoms with Crippen molar-refractivity contribution in [2.24, 2.45) is 0 Å². The number of para-hydroxylation sites is 1. The molecule has 1 aromatic heterocycles. The van der Waals surface area contributed by atoms with Crippen LogP contribution in [0.3, 0.4) is 0 Å². The molecule has 0 bridgehead atoms. The number of pyridine rings is 1. The fourth-order valence-corrected chi connectivity index (χ4v) is 2.61. The van der Waals surface area contributed by atoms with E-state index in [0.717, 1.165) is 0 Å². The molecule has 1 unspecified atom stereocenters. The number of carbonyl (C=O) groups excluding carboxylic acids is 1. The van der Waals surface area contributed by atoms with E-state index < -0.39 is 17.9 Å². The van der Waals surface area contributed by atoms with Crippen molar-refractivity contribution in [3.8, 4) is 11.5 Å². The number of hydrogen-bond acceptors (Lipinski definition) is 5. The number of carboxylic acid groups (broad SMARTS) is 1. The summed E-state index contributed by atoms with van der Waals surface area (Å²) in [7, 11) is 0. The Hall–Kier alpha value is -3.71. The number of benzene rings is 2. The van der Waals surface area contributed by atoms with Gasteiger partial charge in [-0.1, -0.05) is 24.3 Å². The minimum absolute atomic E-state index is 0.204. The largest absolute Gasteiger partial charge is 0.480 e. The van der Waals surface area contributed by atoms with Gasteiger partial charge in [-0.2, -0.15) is 0 Å². The molecule has 0 saturated carbocycles. The number of aromatic nitrogens is 1. The Morgan fingerprint density at radius 1 is 0.931 bits per heavy atom. The van der Waals surface area contributed by atoms with Crippen molar-refractivity contribution in [1.29, 1.82) is 0 Å². The second-order valence-corrected chi connectivity index (χ2v) is 6.28. The molecule has 0 radical (unpaired) electrons. The first kappa shape index (κ1) is 20.0. The number of carbonyl (C=O) groups is 2. The van der Waals surface area contributed by atoms with E-state index in [9.17, 15) is 14.7 Å². The molecule has 148 valence electrons. The van der Waals surface area contributed by atoms with Crippen molar-refractivity contribution in [3.63, 3.8) is 0 Å². The number of anilines is 1. The van der Waals surface area contributed by atoms with Crippen LogP contribution in [-0.2, 0) is 16.1 Å². The molecule has 3 N–H and O–H groups in total. The predicted octanol–water partition coefficient (Wildman–Crippen LogP) is 3.45. The number of nitrogens with one attached hydrogen (secondary N) is 2. The van der Waals surface area contributed by atoms with Gasteiger partial charge < -0.3 is 15.2 Å². The summed E-state index contributed by atoms with van der Waals surface area (Å²) in [6, 6.07) is 20.6. The average Bonchev–Trinajstić information content (AvgIpc) is 2.74. The highest BCUT2D eigenvalue weighted by Crippen LogP contribution is 2.22. The van der Waals surface area contributed by atoms with Gasteiger partial charge in [0.1, 0.15) is 17.5 Å². The second-order valence-electron chi connectivity index (χ2n) is 6.28. The molecule has 0 fully saturated rings. The van der Waals surface area contributed by atoms with E-state index in [4.69, 9.17) is 4.74 Å². The Balaban J connectivity index is 1.52. The second kappa shape index (κ2) is 10.0. The van der Waals surface area contributed by atoms with Gasteiger partial charge in [-0.3, -0.25) is 19.9 Å². The molecule has 0 spiro atoms. The van der Waals surface area contributed by atoms with Gasteiger partial charge in [0.15, 0.2) is 0 Å². The lowest BCUT2D eigenvalue weighted by Crippen LogP contribution is -2.39. The molecule has 1 amide bonds. The summed E-state index contributed by atoms with van der Waals surface area (Å²) >= 11 is 0. The normalized spacial score (nSPS) is 11.4. The van der Waals surface area contributed by atoms with Gasteiger partial charge in [0, 0.05) is 18.4 Å². The maximum Gasteiger partial charge on any atom is 0.321 e. The first-order valence-electron chi connectivity index (χ1n) is 9.09. The van der Waals surface area contributed by atoms with Crippen molar-refractivity contribution >= 4 is 17.6 Å². The van der Waals surface area contributed by atoms with E-state index in [2.05, 4.69) is 15.6 Å². The van der Waals surface area contributed by atoms with E-state index in [-0.39, 0.29) is 13.0 Å². The van der Waals surface area contributed by atoms with Gasteiger partial charge in [0.25, 0.3) is 0 Å². The SMILES string of the molecule is O=C(CC(NCc1ccccn1)C(=O)O)Nc1ccc(Oc2ccccc2)cc1. The average molecular weight is 391 g/mol. The molecule has 1 heterocycles. The third-order valence-electron chi connectivity index (χ3n) is 4.06. The Morgan fingerprint density at radius 3 is 2.28 bits per heavy atom. The monoisotopic (exact) mass is 391 g/mol. The fraction of sp³-hybridized carbons (Fsp3) is 0.136. The Labute approximate surface area is 168 Å². The summed E-state index contributed by atoms with van der Waals surface area (Å²) < 4.78 is 5.70. The molecule has 0 aliphatic carbocycles. The summed E-state index contributed by atoms with van der Waals surface area (Å²) in [5, 5.41) is 14.9. The van der Waals surface area contributed by atoms with Crippen LogP contribution < -0.4 is 15.4 Å². The zero-order valence-electron chi connectivity index (χ0n) is 15.6. The smallest absolute Gasteiger partial charge is 0.321 e. The third kappa shape index (κ3) is 6.44. The molecule has 29 heavy (non-hydrogen) atoms. The Kier molecular flexibility index (Phi) is 6.91. The van der Waals surface area contributed by atoms with Crippen LogP contribution in [-0.4, -0.2) is 28.0 Å². The molecular weight excluding hydrogens is 370 g/mol. The van der Waals surface area contributed by atoms with Crippen LogP contribution in [0, 0.1) is 0 Å². The number of rotatable bonds is 9. The van der Waals surface area contributed by atoms with Crippen LogP contribution in [0.25, 0.3) is 0 Å². The zero-order chi connectivity index (χ0) is 20.5. The van der Waals surface area contributed by atoms with E-state index in [1.54, 1.807) is 42.6 Å². The van der Waals surface area contributed by atoms with Gasteiger partial charge in [0.05, 0.1) is 12.1 Å². The molecule has 7 heteroatoms. The molecule has 3 rings (SSSR count). The highest BCUT2D eigenvalue weighted by Gasteiger charge is 2.21. The predicted molar refractivity (Wildman–Crippen MR) is 109 cm³/mol. The Morgan fingerprint density at radius 2 is 1.62 bits per heavy atom. The molecule has 0 saturated heterocycles.